The highest BCUT2D eigenvalue weighted by molar-refractivity contribution is 5.86. The largest absolute Gasteiger partial charge is 0.458 e. The zero-order valence-electron chi connectivity index (χ0n) is 12.4. The minimum Gasteiger partial charge on any atom is -0.458 e. The van der Waals surface area contributed by atoms with Gasteiger partial charge in [-0.1, -0.05) is 30.2 Å². The smallest absolute Gasteiger partial charge is 0.333 e. The van der Waals surface area contributed by atoms with Crippen LogP contribution in [-0.2, 0) is 9.53 Å². The molecule has 0 aliphatic heterocycles. The maximum absolute atomic E-state index is 11.2. The predicted octanol–water partition coefficient (Wildman–Crippen LogP) is 4.58. The van der Waals surface area contributed by atoms with Gasteiger partial charge in [0.2, 0.25) is 0 Å². The topological polar surface area (TPSA) is 26.3 Å². The Morgan fingerprint density at radius 1 is 1.17 bits per heavy atom. The number of ether oxygens (including phenoxy) is 1. The molecule has 0 aromatic heterocycles. The molecule has 0 bridgehead atoms. The van der Waals surface area contributed by atoms with Gasteiger partial charge in [-0.05, 0) is 53.0 Å². The second-order valence-corrected chi connectivity index (χ2v) is 4.89. The van der Waals surface area contributed by atoms with Crippen LogP contribution in [0.3, 0.4) is 0 Å². The molecule has 0 fully saturated rings. The van der Waals surface area contributed by atoms with Gasteiger partial charge in [0.05, 0.1) is 0 Å². The van der Waals surface area contributed by atoms with E-state index in [0.29, 0.717) is 12.2 Å². The van der Waals surface area contributed by atoms with E-state index in [9.17, 15) is 4.79 Å². The van der Waals surface area contributed by atoms with Crippen molar-refractivity contribution in [2.24, 2.45) is 0 Å². The van der Waals surface area contributed by atoms with Crippen LogP contribution in [0.1, 0.15) is 53.9 Å². The van der Waals surface area contributed by atoms with Crippen molar-refractivity contribution in [3.05, 3.63) is 34.9 Å². The molecular formula is C16H26O2. The molecule has 0 aliphatic rings. The van der Waals surface area contributed by atoms with E-state index in [1.807, 2.05) is 6.08 Å². The fraction of sp³-hybridized carbons (Fsp3) is 0.562. The fourth-order valence-corrected chi connectivity index (χ4v) is 1.61. The molecule has 0 heterocycles. The summed E-state index contributed by atoms with van der Waals surface area (Å²) in [6.07, 6.45) is 5.20. The molecule has 0 amide bonds. The lowest BCUT2D eigenvalue weighted by Crippen LogP contribution is -2.04. The van der Waals surface area contributed by atoms with Gasteiger partial charge in [0.1, 0.15) is 6.61 Å². The standard InChI is InChI=1S/C16H26O2/c1-7-15(12(2)3)9-8-14(6)10-11-18-16(17)13(4)5/h10H,4,7-9,11H2,1-3,5-6H3. The lowest BCUT2D eigenvalue weighted by atomic mass is 10.00. The first-order chi connectivity index (χ1) is 8.38. The first kappa shape index (κ1) is 16.7. The Labute approximate surface area is 111 Å². The lowest BCUT2D eigenvalue weighted by Gasteiger charge is -2.08. The molecule has 0 atom stereocenters. The van der Waals surface area contributed by atoms with Crippen molar-refractivity contribution in [2.45, 2.75) is 53.9 Å². The Balaban J connectivity index is 4.10. The van der Waals surface area contributed by atoms with Crippen molar-refractivity contribution in [3.63, 3.8) is 0 Å². The van der Waals surface area contributed by atoms with Crippen LogP contribution >= 0.6 is 0 Å². The first-order valence-electron chi connectivity index (χ1n) is 6.52. The van der Waals surface area contributed by atoms with E-state index in [1.165, 1.54) is 16.7 Å². The number of allylic oxidation sites excluding steroid dienone is 3. The van der Waals surface area contributed by atoms with Crippen LogP contribution in [0.2, 0.25) is 0 Å². The maximum Gasteiger partial charge on any atom is 0.333 e. The van der Waals surface area contributed by atoms with Gasteiger partial charge in [0.25, 0.3) is 0 Å². The van der Waals surface area contributed by atoms with Crippen molar-refractivity contribution in [1.82, 2.24) is 0 Å². The Kier molecular flexibility index (Phi) is 8.10. The Bertz CT molecular complexity index is 355. The van der Waals surface area contributed by atoms with E-state index in [-0.39, 0.29) is 5.97 Å². The minimum absolute atomic E-state index is 0.322. The summed E-state index contributed by atoms with van der Waals surface area (Å²) in [4.78, 5) is 11.2. The summed E-state index contributed by atoms with van der Waals surface area (Å²) in [5.74, 6) is -0.322. The van der Waals surface area contributed by atoms with E-state index >= 15 is 0 Å². The van der Waals surface area contributed by atoms with Gasteiger partial charge < -0.3 is 4.74 Å². The van der Waals surface area contributed by atoms with Gasteiger partial charge >= 0.3 is 5.97 Å². The molecule has 0 spiro atoms. The molecule has 18 heavy (non-hydrogen) atoms. The van der Waals surface area contributed by atoms with Crippen LogP contribution in [0.15, 0.2) is 34.9 Å². The fourth-order valence-electron chi connectivity index (χ4n) is 1.61. The lowest BCUT2D eigenvalue weighted by molar-refractivity contribution is -0.137. The summed E-state index contributed by atoms with van der Waals surface area (Å²) in [5.41, 5.74) is 4.64. The highest BCUT2D eigenvalue weighted by Crippen LogP contribution is 2.17. The normalized spacial score (nSPS) is 11.1. The summed E-state index contributed by atoms with van der Waals surface area (Å²) in [6.45, 7) is 14.1. The third-order valence-corrected chi connectivity index (χ3v) is 2.95. The number of hydrogen-bond donors (Lipinski definition) is 0. The van der Waals surface area contributed by atoms with Crippen LogP contribution in [0.4, 0.5) is 0 Å². The summed E-state index contributed by atoms with van der Waals surface area (Å²) in [6, 6.07) is 0. The van der Waals surface area contributed by atoms with Crippen LogP contribution in [0.5, 0.6) is 0 Å². The average Bonchev–Trinajstić information content (AvgIpc) is 2.29. The number of esters is 1. The molecular weight excluding hydrogens is 224 g/mol. The molecule has 0 aromatic carbocycles. The Hall–Kier alpha value is -1.31. The second-order valence-electron chi connectivity index (χ2n) is 4.89. The Morgan fingerprint density at radius 2 is 1.78 bits per heavy atom. The molecule has 0 rings (SSSR count). The number of hydrogen-bond acceptors (Lipinski definition) is 2. The van der Waals surface area contributed by atoms with E-state index in [4.69, 9.17) is 4.74 Å². The molecule has 0 saturated heterocycles. The molecule has 0 aromatic rings. The Morgan fingerprint density at radius 3 is 2.22 bits per heavy atom. The zero-order valence-corrected chi connectivity index (χ0v) is 12.4. The zero-order chi connectivity index (χ0) is 14.1. The minimum atomic E-state index is -0.322. The molecule has 2 nitrogen and oxygen atoms in total. The third-order valence-electron chi connectivity index (χ3n) is 2.95. The van der Waals surface area contributed by atoms with Crippen molar-refractivity contribution in [1.29, 1.82) is 0 Å². The summed E-state index contributed by atoms with van der Waals surface area (Å²) in [5, 5.41) is 0. The van der Waals surface area contributed by atoms with Gasteiger partial charge in [0.15, 0.2) is 0 Å². The number of rotatable bonds is 7. The SMILES string of the molecule is C=C(C)C(=O)OCC=C(C)CCC(CC)=C(C)C. The van der Waals surface area contributed by atoms with Crippen molar-refractivity contribution >= 4 is 5.97 Å². The van der Waals surface area contributed by atoms with Gasteiger partial charge in [-0.3, -0.25) is 0 Å². The van der Waals surface area contributed by atoms with Crippen LogP contribution in [0.25, 0.3) is 0 Å². The second kappa shape index (κ2) is 8.73. The van der Waals surface area contributed by atoms with Gasteiger partial charge in [-0.25, -0.2) is 4.79 Å². The highest BCUT2D eigenvalue weighted by Gasteiger charge is 2.01. The van der Waals surface area contributed by atoms with Crippen LogP contribution in [0, 0.1) is 0 Å². The van der Waals surface area contributed by atoms with E-state index in [0.717, 1.165) is 19.3 Å². The maximum atomic E-state index is 11.2. The number of carbonyl (C=O) groups is 1. The van der Waals surface area contributed by atoms with Crippen molar-refractivity contribution < 1.29 is 9.53 Å². The highest BCUT2D eigenvalue weighted by atomic mass is 16.5. The van der Waals surface area contributed by atoms with Gasteiger partial charge in [0, 0.05) is 5.57 Å². The quantitative estimate of drug-likeness (QED) is 0.375. The molecule has 0 unspecified atom stereocenters. The van der Waals surface area contributed by atoms with Gasteiger partial charge in [-0.15, -0.1) is 0 Å². The molecule has 102 valence electrons. The summed E-state index contributed by atoms with van der Waals surface area (Å²) >= 11 is 0. The summed E-state index contributed by atoms with van der Waals surface area (Å²) in [7, 11) is 0. The van der Waals surface area contributed by atoms with Crippen molar-refractivity contribution in [2.75, 3.05) is 6.61 Å². The van der Waals surface area contributed by atoms with Crippen LogP contribution in [-0.4, -0.2) is 12.6 Å². The first-order valence-corrected chi connectivity index (χ1v) is 6.52. The molecule has 0 N–H and O–H groups in total. The molecule has 0 radical (unpaired) electrons. The van der Waals surface area contributed by atoms with Gasteiger partial charge in [-0.2, -0.15) is 0 Å². The number of carbonyl (C=O) groups excluding carboxylic acids is 1. The predicted molar refractivity (Wildman–Crippen MR) is 77.4 cm³/mol. The molecule has 0 saturated carbocycles. The molecule has 0 aliphatic carbocycles. The monoisotopic (exact) mass is 250 g/mol. The van der Waals surface area contributed by atoms with E-state index in [1.54, 1.807) is 6.92 Å². The summed E-state index contributed by atoms with van der Waals surface area (Å²) < 4.78 is 5.03. The van der Waals surface area contributed by atoms with E-state index in [2.05, 4.69) is 34.3 Å². The van der Waals surface area contributed by atoms with Crippen molar-refractivity contribution in [3.8, 4) is 0 Å². The average molecular weight is 250 g/mol. The third kappa shape index (κ3) is 7.10. The van der Waals surface area contributed by atoms with E-state index < -0.39 is 0 Å². The van der Waals surface area contributed by atoms with Crippen LogP contribution < -0.4 is 0 Å². The molecule has 2 heteroatoms.